The highest BCUT2D eigenvalue weighted by atomic mass is 19.4. The van der Waals surface area contributed by atoms with E-state index in [0.717, 1.165) is 120 Å². The number of carboxylic acid groups (broad SMARTS) is 2. The predicted molar refractivity (Wildman–Crippen MR) is 339 cm³/mol. The zero-order chi connectivity index (χ0) is 64.7. The fraction of sp³-hybridized carbons (Fsp3) is 0.662. The lowest BCUT2D eigenvalue weighted by molar-refractivity contribution is -0.146. The zero-order valence-corrected chi connectivity index (χ0v) is 53.8. The summed E-state index contributed by atoms with van der Waals surface area (Å²) in [5.74, 6) is -3.85. The van der Waals surface area contributed by atoms with Crippen molar-refractivity contribution in [2.24, 2.45) is 47.3 Å². The highest BCUT2D eigenvalue weighted by Crippen LogP contribution is 2.46. The lowest BCUT2D eigenvalue weighted by Gasteiger charge is -2.39. The molecule has 2 aromatic rings. The molecule has 0 spiro atoms. The van der Waals surface area contributed by atoms with E-state index in [9.17, 15) is 42.6 Å². The number of piperidine rings is 2. The molecule has 0 radical (unpaired) electrons. The van der Waals surface area contributed by atoms with Gasteiger partial charge in [-0.1, -0.05) is 82.7 Å². The van der Waals surface area contributed by atoms with Gasteiger partial charge in [0.05, 0.1) is 5.56 Å². The number of nitrogens with zero attached hydrogens (tertiary/aromatic N) is 6. The Morgan fingerprint density at radius 2 is 1.10 bits per heavy atom. The lowest BCUT2D eigenvalue weighted by atomic mass is 9.75. The summed E-state index contributed by atoms with van der Waals surface area (Å²) < 4.78 is 87.3. The number of hydrogen-bond donors (Lipinski definition) is 4. The minimum atomic E-state index is -4.45. The molecule has 14 nitrogen and oxygen atoms in total. The van der Waals surface area contributed by atoms with Gasteiger partial charge in [0.15, 0.2) is 0 Å². The number of likely N-dealkylation sites (tertiary alicyclic amines) is 4. The van der Waals surface area contributed by atoms with Gasteiger partial charge in [-0.15, -0.1) is 0 Å². The minimum absolute atomic E-state index is 0.00796. The molecule has 2 aromatic carbocycles. The van der Waals surface area contributed by atoms with Crippen molar-refractivity contribution in [3.8, 4) is 0 Å². The van der Waals surface area contributed by atoms with Crippen molar-refractivity contribution in [2.75, 3.05) is 78.5 Å². The van der Waals surface area contributed by atoms with Crippen LogP contribution in [0.25, 0.3) is 0 Å². The Labute approximate surface area is 534 Å². The number of nitrogens with one attached hydrogen (secondary N) is 2. The Balaban J connectivity index is 0.773. The second-order valence-corrected chi connectivity index (χ2v) is 28.0. The van der Waals surface area contributed by atoms with Gasteiger partial charge in [-0.3, -0.25) is 19.4 Å². The summed E-state index contributed by atoms with van der Waals surface area (Å²) in [4.78, 5) is 66.6. The summed E-state index contributed by atoms with van der Waals surface area (Å²) >= 11 is 0. The van der Waals surface area contributed by atoms with Gasteiger partial charge in [-0.2, -0.15) is 13.2 Å². The smallest absolute Gasteiger partial charge is 0.416 e. The van der Waals surface area contributed by atoms with E-state index in [1.54, 1.807) is 23.1 Å². The molecule has 4 N–H and O–H groups in total. The molecular formula is C71H98F6N8O6. The highest BCUT2D eigenvalue weighted by molar-refractivity contribution is 5.76. The molecule has 91 heavy (non-hydrogen) atoms. The molecule has 9 atom stereocenters. The number of carbonyl (C=O) groups is 4. The Morgan fingerprint density at radius 1 is 0.615 bits per heavy atom. The molecule has 0 aromatic heterocycles. The van der Waals surface area contributed by atoms with Crippen LogP contribution in [0.3, 0.4) is 0 Å². The number of urea groups is 2. The van der Waals surface area contributed by atoms with Crippen LogP contribution in [0, 0.1) is 53.2 Å². The summed E-state index contributed by atoms with van der Waals surface area (Å²) in [6.07, 6.45) is 16.1. The van der Waals surface area contributed by atoms with Crippen molar-refractivity contribution in [2.45, 2.75) is 173 Å². The van der Waals surface area contributed by atoms with Gasteiger partial charge in [-0.05, 0) is 165 Å². The van der Waals surface area contributed by atoms with Crippen molar-refractivity contribution in [3.63, 3.8) is 0 Å². The van der Waals surface area contributed by atoms with Crippen LogP contribution in [0.1, 0.15) is 152 Å². The van der Waals surface area contributed by atoms with E-state index in [1.807, 2.05) is 32.6 Å². The Bertz CT molecular complexity index is 2970. The lowest BCUT2D eigenvalue weighted by Crippen LogP contribution is -2.51. The van der Waals surface area contributed by atoms with E-state index in [4.69, 9.17) is 0 Å². The van der Waals surface area contributed by atoms with E-state index in [-0.39, 0.29) is 84.5 Å². The van der Waals surface area contributed by atoms with Crippen LogP contribution in [0.15, 0.2) is 89.6 Å². The monoisotopic (exact) mass is 1270 g/mol. The maximum atomic E-state index is 17.3. The van der Waals surface area contributed by atoms with E-state index in [0.29, 0.717) is 94.9 Å². The van der Waals surface area contributed by atoms with E-state index in [2.05, 4.69) is 42.4 Å². The van der Waals surface area contributed by atoms with Crippen LogP contribution in [-0.4, -0.2) is 166 Å². The molecule has 4 saturated heterocycles. The molecule has 10 rings (SSSR count). The Kier molecular flexibility index (Phi) is 22.9. The van der Waals surface area contributed by atoms with Crippen LogP contribution in [0.4, 0.5) is 35.9 Å². The van der Waals surface area contributed by atoms with Gasteiger partial charge in [0, 0.05) is 128 Å². The normalized spacial score (nSPS) is 27.3. The number of carbonyl (C=O) groups excluding carboxylic acids is 2. The van der Waals surface area contributed by atoms with Crippen LogP contribution < -0.4 is 10.6 Å². The summed E-state index contributed by atoms with van der Waals surface area (Å²) in [6, 6.07) is 7.21. The number of amides is 4. The van der Waals surface area contributed by atoms with Crippen LogP contribution in [0.2, 0.25) is 0 Å². The topological polar surface area (TPSA) is 152 Å². The first-order chi connectivity index (χ1) is 43.6. The number of carboxylic acids is 2. The number of aliphatic carboxylic acids is 2. The van der Waals surface area contributed by atoms with Crippen molar-refractivity contribution in [3.05, 3.63) is 118 Å². The number of alkyl halides is 3. The average molecular weight is 1270 g/mol. The van der Waals surface area contributed by atoms with E-state index >= 15 is 13.2 Å². The van der Waals surface area contributed by atoms with Gasteiger partial charge in [0.25, 0.3) is 0 Å². The fourth-order valence-corrected chi connectivity index (χ4v) is 17.4. The molecule has 20 heteroatoms. The average Bonchev–Trinajstić information content (AvgIpc) is 1.78. The van der Waals surface area contributed by atoms with Gasteiger partial charge in [0.2, 0.25) is 0 Å². The minimum Gasteiger partial charge on any atom is -0.480 e. The molecule has 6 fully saturated rings. The van der Waals surface area contributed by atoms with Crippen molar-refractivity contribution in [1.82, 2.24) is 40.0 Å². The number of allylic oxidation sites excluding steroid dienone is 6. The molecule has 4 unspecified atom stereocenters. The molecule has 2 saturated carbocycles. The van der Waals surface area contributed by atoms with Crippen molar-refractivity contribution >= 4 is 24.0 Å². The number of halogens is 6. The van der Waals surface area contributed by atoms with Crippen LogP contribution in [-0.2, 0) is 28.9 Å². The predicted octanol–water partition coefficient (Wildman–Crippen LogP) is 13.0. The molecule has 500 valence electrons. The third-order valence-electron chi connectivity index (χ3n) is 22.0. The van der Waals surface area contributed by atoms with Gasteiger partial charge >= 0.3 is 30.2 Å². The first-order valence-electron chi connectivity index (χ1n) is 34.2. The molecule has 4 aliphatic carbocycles. The van der Waals surface area contributed by atoms with E-state index < -0.39 is 59.2 Å². The summed E-state index contributed by atoms with van der Waals surface area (Å²) in [6.45, 7) is 15.3. The first-order valence-corrected chi connectivity index (χ1v) is 34.2. The van der Waals surface area contributed by atoms with Crippen LogP contribution >= 0.6 is 0 Å². The summed E-state index contributed by atoms with van der Waals surface area (Å²) in [7, 11) is 0. The number of benzene rings is 2. The quantitative estimate of drug-likeness (QED) is 0.0889. The fourth-order valence-electron chi connectivity index (χ4n) is 17.4. The van der Waals surface area contributed by atoms with E-state index in [1.165, 1.54) is 24.3 Å². The van der Waals surface area contributed by atoms with Crippen molar-refractivity contribution < 1.29 is 55.7 Å². The largest absolute Gasteiger partial charge is 0.480 e. The second kappa shape index (κ2) is 30.6. The molecular weight excluding hydrogens is 1170 g/mol. The first kappa shape index (κ1) is 68.2. The second-order valence-electron chi connectivity index (χ2n) is 28.0. The summed E-state index contributed by atoms with van der Waals surface area (Å²) in [5, 5.41) is 27.4. The molecule has 0 bridgehead atoms. The maximum absolute atomic E-state index is 17.3. The number of rotatable bonds is 21. The molecule has 4 aliphatic heterocycles. The molecule has 4 heterocycles. The SMILES string of the molecule is CCN(C(=O)NCc1ccc(C(F)(F)F)cc1)C1CCN(C[C@H]2CN([C@@H](C(=O)O)C3CCCCC3)C[C@@H]2C2=CC(C)C(c3cc(F)ccc3CNC(=O)N(CC)C3CCN(C[C@H]4CN(C(C(=O)O)C5CCCCC5)C[C@@H]4C4=CC(C)CC(F)=C4)CC3)C(F)=C2)CC1. The molecule has 8 aliphatic rings. The number of hydrogen-bond acceptors (Lipinski definition) is 8. The Morgan fingerprint density at radius 3 is 1.55 bits per heavy atom. The Hall–Kier alpha value is -5.70. The van der Waals surface area contributed by atoms with Gasteiger partial charge in [0.1, 0.15) is 29.6 Å². The maximum Gasteiger partial charge on any atom is 0.416 e. The van der Waals surface area contributed by atoms with Crippen molar-refractivity contribution in [1.29, 1.82) is 0 Å². The third kappa shape index (κ3) is 16.6. The van der Waals surface area contributed by atoms with Crippen LogP contribution in [0.5, 0.6) is 0 Å². The third-order valence-corrected chi connectivity index (χ3v) is 22.0. The highest BCUT2D eigenvalue weighted by Gasteiger charge is 2.47. The zero-order valence-electron chi connectivity index (χ0n) is 53.8. The van der Waals surface area contributed by atoms with Gasteiger partial charge in [-0.25, -0.2) is 22.8 Å². The standard InChI is InChI=1S/C71H98F6N8O6/c1-5-84(69(90)78-37-47-17-20-55(21-18-47)71(75,76)77)58-23-27-81(28-24-58)40-54-42-83(66(68(88)89)49-15-11-8-12-16-49)44-62(54)52-33-46(4)64(63(74)35-52)60-36-56(72)22-19-50(60)38-79-70(91)85(6-2)59-25-29-80(30-26-59)39-53-41-82(65(67(86)87)48-13-9-7-10-14-48)43-61(53)51-31-45(3)32-57(73)34-51/h17-22,31,33-36,45-46,48-49,53-54,58-59,61-62,64-66H,5-16,23-30,32,37-44H2,1-4H3,(H,78,90)(H,79,91)(H,86,87)(H,88,89)/t45?,46?,53-,54-,61+,62+,64?,65?,66+/m0/s1. The molecule has 4 amide bonds. The summed E-state index contributed by atoms with van der Waals surface area (Å²) in [5.41, 5.74) is 2.63. The van der Waals surface area contributed by atoms with Gasteiger partial charge < -0.3 is 40.4 Å².